The van der Waals surface area contributed by atoms with Crippen molar-refractivity contribution in [3.63, 3.8) is 0 Å². The van der Waals surface area contributed by atoms with Gasteiger partial charge in [-0.15, -0.1) is 0 Å². The van der Waals surface area contributed by atoms with Crippen LogP contribution in [0.5, 0.6) is 0 Å². The molecule has 1 aliphatic heterocycles. The molecule has 0 spiro atoms. The van der Waals surface area contributed by atoms with Crippen LogP contribution in [0.2, 0.25) is 0 Å². The molecular formula is C13H27N3O2. The van der Waals surface area contributed by atoms with Crippen molar-refractivity contribution in [1.29, 1.82) is 0 Å². The van der Waals surface area contributed by atoms with Gasteiger partial charge >= 0.3 is 6.09 Å². The topological polar surface area (TPSA) is 44.8 Å². The van der Waals surface area contributed by atoms with Gasteiger partial charge in [-0.1, -0.05) is 0 Å². The lowest BCUT2D eigenvalue weighted by atomic mass is 10.2. The van der Waals surface area contributed by atoms with Gasteiger partial charge in [0.25, 0.3) is 0 Å². The van der Waals surface area contributed by atoms with E-state index in [-0.39, 0.29) is 6.09 Å². The lowest BCUT2D eigenvalue weighted by Crippen LogP contribution is -2.50. The number of amides is 1. The van der Waals surface area contributed by atoms with Gasteiger partial charge < -0.3 is 15.0 Å². The molecule has 0 aromatic rings. The second kappa shape index (κ2) is 6.95. The summed E-state index contributed by atoms with van der Waals surface area (Å²) in [6.07, 6.45) is 0.973. The Balaban J connectivity index is 2.24. The molecule has 1 saturated heterocycles. The molecule has 5 heteroatoms. The van der Waals surface area contributed by atoms with Gasteiger partial charge in [0.05, 0.1) is 0 Å². The van der Waals surface area contributed by atoms with E-state index in [9.17, 15) is 4.79 Å². The molecule has 1 rings (SSSR count). The van der Waals surface area contributed by atoms with Gasteiger partial charge in [-0.25, -0.2) is 4.79 Å². The third-order valence-corrected chi connectivity index (χ3v) is 2.93. The van der Waals surface area contributed by atoms with Crippen molar-refractivity contribution < 1.29 is 9.53 Å². The van der Waals surface area contributed by atoms with Crippen LogP contribution < -0.4 is 5.32 Å². The molecule has 1 N–H and O–H groups in total. The van der Waals surface area contributed by atoms with Crippen LogP contribution in [0.25, 0.3) is 0 Å². The predicted octanol–water partition coefficient (Wildman–Crippen LogP) is 1.15. The highest BCUT2D eigenvalue weighted by Gasteiger charge is 2.25. The Morgan fingerprint density at radius 3 is 2.33 bits per heavy atom. The van der Waals surface area contributed by atoms with Crippen molar-refractivity contribution in [2.24, 2.45) is 0 Å². The Hall–Kier alpha value is -0.810. The maximum atomic E-state index is 11.9. The minimum atomic E-state index is -0.402. The average Bonchev–Trinajstić information content (AvgIpc) is 2.28. The zero-order valence-electron chi connectivity index (χ0n) is 12.2. The van der Waals surface area contributed by atoms with Gasteiger partial charge in [0.1, 0.15) is 5.60 Å². The first-order valence-electron chi connectivity index (χ1n) is 6.77. The number of hydrogen-bond acceptors (Lipinski definition) is 4. The molecule has 0 bridgehead atoms. The van der Waals surface area contributed by atoms with Crippen LogP contribution in [0.15, 0.2) is 0 Å². The third-order valence-electron chi connectivity index (χ3n) is 2.93. The molecule has 106 valence electrons. The summed E-state index contributed by atoms with van der Waals surface area (Å²) in [4.78, 5) is 16.1. The summed E-state index contributed by atoms with van der Waals surface area (Å²) in [6, 6.07) is 0. The van der Waals surface area contributed by atoms with Crippen LogP contribution >= 0.6 is 0 Å². The molecular weight excluding hydrogens is 230 g/mol. The van der Waals surface area contributed by atoms with Crippen molar-refractivity contribution in [3.8, 4) is 0 Å². The smallest absolute Gasteiger partial charge is 0.410 e. The van der Waals surface area contributed by atoms with Crippen molar-refractivity contribution >= 4 is 6.09 Å². The first-order chi connectivity index (χ1) is 8.42. The summed E-state index contributed by atoms with van der Waals surface area (Å²) in [6.45, 7) is 11.3. The molecule has 0 aromatic carbocycles. The first kappa shape index (κ1) is 15.2. The molecule has 0 aliphatic carbocycles. The molecule has 1 fully saturated rings. The highest BCUT2D eigenvalue weighted by atomic mass is 16.6. The molecule has 0 saturated carbocycles. The van der Waals surface area contributed by atoms with Crippen molar-refractivity contribution in [1.82, 2.24) is 15.1 Å². The lowest BCUT2D eigenvalue weighted by molar-refractivity contribution is 0.0145. The largest absolute Gasteiger partial charge is 0.444 e. The van der Waals surface area contributed by atoms with Crippen molar-refractivity contribution in [2.75, 3.05) is 46.3 Å². The van der Waals surface area contributed by atoms with E-state index in [1.54, 1.807) is 4.90 Å². The molecule has 0 atom stereocenters. The summed E-state index contributed by atoms with van der Waals surface area (Å²) >= 11 is 0. The molecule has 1 heterocycles. The zero-order chi connectivity index (χ0) is 13.6. The molecule has 1 amide bonds. The van der Waals surface area contributed by atoms with E-state index in [4.69, 9.17) is 4.74 Å². The number of nitrogens with one attached hydrogen (secondary N) is 1. The van der Waals surface area contributed by atoms with Gasteiger partial charge in [-0.05, 0) is 47.3 Å². The monoisotopic (exact) mass is 257 g/mol. The van der Waals surface area contributed by atoms with Crippen LogP contribution in [0.4, 0.5) is 4.79 Å². The number of hydrogen-bond donors (Lipinski definition) is 1. The van der Waals surface area contributed by atoms with Gasteiger partial charge in [-0.3, -0.25) is 4.90 Å². The van der Waals surface area contributed by atoms with Crippen LogP contribution in [-0.4, -0.2) is 67.8 Å². The Bertz CT molecular complexity index is 255. The predicted molar refractivity (Wildman–Crippen MR) is 72.8 cm³/mol. The number of carbonyl (C=O) groups is 1. The third kappa shape index (κ3) is 5.69. The van der Waals surface area contributed by atoms with E-state index in [2.05, 4.69) is 10.2 Å². The molecule has 0 aromatic heterocycles. The lowest BCUT2D eigenvalue weighted by Gasteiger charge is -2.35. The van der Waals surface area contributed by atoms with Gasteiger partial charge in [0.2, 0.25) is 0 Å². The number of carbonyl (C=O) groups excluding carboxylic acids is 1. The van der Waals surface area contributed by atoms with Crippen LogP contribution in [-0.2, 0) is 4.74 Å². The Labute approximate surface area is 110 Å². The van der Waals surface area contributed by atoms with Crippen LogP contribution in [0.3, 0.4) is 0 Å². The summed E-state index contributed by atoms with van der Waals surface area (Å²) in [5.74, 6) is 0. The van der Waals surface area contributed by atoms with Crippen molar-refractivity contribution in [3.05, 3.63) is 0 Å². The quantitative estimate of drug-likeness (QED) is 0.767. The van der Waals surface area contributed by atoms with E-state index >= 15 is 0 Å². The highest BCUT2D eigenvalue weighted by molar-refractivity contribution is 5.68. The molecule has 1 aliphatic rings. The zero-order valence-corrected chi connectivity index (χ0v) is 12.2. The van der Waals surface area contributed by atoms with E-state index in [0.717, 1.165) is 45.7 Å². The summed E-state index contributed by atoms with van der Waals surface area (Å²) in [7, 11) is 1.97. The fourth-order valence-corrected chi connectivity index (χ4v) is 1.96. The van der Waals surface area contributed by atoms with Crippen LogP contribution in [0, 0.1) is 0 Å². The fraction of sp³-hybridized carbons (Fsp3) is 0.923. The maximum Gasteiger partial charge on any atom is 0.410 e. The normalized spacial score (nSPS) is 17.9. The second-order valence-corrected chi connectivity index (χ2v) is 5.77. The van der Waals surface area contributed by atoms with Gasteiger partial charge in [0, 0.05) is 26.2 Å². The Kier molecular flexibility index (Phi) is 5.88. The minimum Gasteiger partial charge on any atom is -0.444 e. The van der Waals surface area contributed by atoms with E-state index in [1.165, 1.54) is 0 Å². The van der Waals surface area contributed by atoms with Crippen molar-refractivity contribution in [2.45, 2.75) is 32.8 Å². The highest BCUT2D eigenvalue weighted by Crippen LogP contribution is 2.11. The molecule has 0 radical (unpaired) electrons. The van der Waals surface area contributed by atoms with E-state index in [0.29, 0.717) is 0 Å². The second-order valence-electron chi connectivity index (χ2n) is 5.77. The number of nitrogens with zero attached hydrogens (tertiary/aromatic N) is 2. The number of rotatable bonds is 4. The Morgan fingerprint density at radius 2 is 1.83 bits per heavy atom. The Morgan fingerprint density at radius 1 is 1.22 bits per heavy atom. The van der Waals surface area contributed by atoms with Crippen LogP contribution in [0.1, 0.15) is 27.2 Å². The molecule has 18 heavy (non-hydrogen) atoms. The summed E-state index contributed by atoms with van der Waals surface area (Å²) < 4.78 is 5.37. The van der Waals surface area contributed by atoms with E-state index < -0.39 is 5.60 Å². The fourth-order valence-electron chi connectivity index (χ4n) is 1.96. The first-order valence-corrected chi connectivity index (χ1v) is 6.77. The number of piperazine rings is 1. The van der Waals surface area contributed by atoms with Gasteiger partial charge in [0.15, 0.2) is 0 Å². The molecule has 5 nitrogen and oxygen atoms in total. The summed E-state index contributed by atoms with van der Waals surface area (Å²) in [5.41, 5.74) is -0.402. The number of ether oxygens (including phenoxy) is 1. The SMILES string of the molecule is CNCCCN1CCN(C(=O)OC(C)(C)C)CC1. The minimum absolute atomic E-state index is 0.183. The van der Waals surface area contributed by atoms with E-state index in [1.807, 2.05) is 27.8 Å². The molecule has 0 unspecified atom stereocenters. The maximum absolute atomic E-state index is 11.9. The average molecular weight is 257 g/mol. The standard InChI is InChI=1S/C13H27N3O2/c1-13(2,3)18-12(17)16-10-8-15(9-11-16)7-5-6-14-4/h14H,5-11H2,1-4H3. The van der Waals surface area contributed by atoms with Gasteiger partial charge in [-0.2, -0.15) is 0 Å². The summed E-state index contributed by atoms with van der Waals surface area (Å²) in [5, 5.41) is 3.15.